The number of hydrogen-bond donors (Lipinski definition) is 1. The Hall–Kier alpha value is -1.61. The summed E-state index contributed by atoms with van der Waals surface area (Å²) in [5.41, 5.74) is 4.31. The van der Waals surface area contributed by atoms with Gasteiger partial charge in [0, 0.05) is 16.6 Å². The summed E-state index contributed by atoms with van der Waals surface area (Å²) in [5.74, 6) is -0.0193. The van der Waals surface area contributed by atoms with E-state index < -0.39 is 0 Å². The topological polar surface area (TPSA) is 29.1 Å². The van der Waals surface area contributed by atoms with Crippen LogP contribution in [0, 0.1) is 13.8 Å². The molecule has 0 spiro atoms. The molecule has 0 atom stereocenters. The fourth-order valence-electron chi connectivity index (χ4n) is 2.09. The number of rotatable bonds is 4. The van der Waals surface area contributed by atoms with E-state index in [1.165, 1.54) is 11.1 Å². The lowest BCUT2D eigenvalue weighted by Gasteiger charge is -2.08. The number of aryl methyl sites for hydroxylation is 2. The van der Waals surface area contributed by atoms with Crippen molar-refractivity contribution in [1.82, 2.24) is 5.32 Å². The summed E-state index contributed by atoms with van der Waals surface area (Å²) >= 11 is 3.44. The second kappa shape index (κ2) is 6.71. The van der Waals surface area contributed by atoms with Crippen LogP contribution in [0.5, 0.6) is 0 Å². The van der Waals surface area contributed by atoms with Crippen LogP contribution in [0.25, 0.3) is 0 Å². The first-order valence-electron chi connectivity index (χ1n) is 6.67. The van der Waals surface area contributed by atoms with Gasteiger partial charge in [-0.05, 0) is 55.2 Å². The minimum Gasteiger partial charge on any atom is -0.352 e. The summed E-state index contributed by atoms with van der Waals surface area (Å²) in [6.07, 6.45) is 0.855. The Balaban J connectivity index is 1.92. The number of hydrogen-bond acceptors (Lipinski definition) is 1. The van der Waals surface area contributed by atoms with Crippen molar-refractivity contribution >= 4 is 21.8 Å². The van der Waals surface area contributed by atoms with Gasteiger partial charge in [-0.2, -0.15) is 0 Å². The first-order valence-corrected chi connectivity index (χ1v) is 7.46. The molecular formula is C17H18BrNO. The van der Waals surface area contributed by atoms with E-state index in [4.69, 9.17) is 0 Å². The molecule has 0 fully saturated rings. The highest BCUT2D eigenvalue weighted by Gasteiger charge is 2.06. The Morgan fingerprint density at radius 2 is 1.85 bits per heavy atom. The van der Waals surface area contributed by atoms with Gasteiger partial charge in [0.15, 0.2) is 0 Å². The first kappa shape index (κ1) is 14.8. The number of benzene rings is 2. The molecule has 2 aromatic rings. The zero-order valence-electron chi connectivity index (χ0n) is 11.7. The molecule has 20 heavy (non-hydrogen) atoms. The highest BCUT2D eigenvalue weighted by Crippen LogP contribution is 2.17. The van der Waals surface area contributed by atoms with E-state index in [1.807, 2.05) is 37.3 Å². The molecule has 1 amide bonds. The van der Waals surface area contributed by atoms with Crippen molar-refractivity contribution in [1.29, 1.82) is 0 Å². The van der Waals surface area contributed by atoms with Crippen LogP contribution in [0.4, 0.5) is 0 Å². The molecule has 0 heterocycles. The monoisotopic (exact) mass is 331 g/mol. The van der Waals surface area contributed by atoms with Crippen molar-refractivity contribution < 1.29 is 4.79 Å². The van der Waals surface area contributed by atoms with Gasteiger partial charge >= 0.3 is 0 Å². The van der Waals surface area contributed by atoms with Gasteiger partial charge < -0.3 is 5.32 Å². The summed E-state index contributed by atoms with van der Waals surface area (Å²) in [7, 11) is 0. The molecule has 2 aromatic carbocycles. The lowest BCUT2D eigenvalue weighted by molar-refractivity contribution is 0.0954. The van der Waals surface area contributed by atoms with Crippen molar-refractivity contribution in [3.05, 3.63) is 69.2 Å². The molecular weight excluding hydrogens is 314 g/mol. The smallest absolute Gasteiger partial charge is 0.251 e. The largest absolute Gasteiger partial charge is 0.352 e. The number of halogens is 1. The summed E-state index contributed by atoms with van der Waals surface area (Å²) in [6, 6.07) is 13.9. The number of amides is 1. The molecule has 0 bridgehead atoms. The van der Waals surface area contributed by atoms with Crippen LogP contribution in [0.15, 0.2) is 46.9 Å². The van der Waals surface area contributed by atoms with Crippen LogP contribution in [-0.2, 0) is 6.42 Å². The standard InChI is InChI=1S/C17H18BrNO/c1-12-5-3-4-6-14(12)9-10-19-17(20)15-7-8-16(18)13(2)11-15/h3-8,11H,9-10H2,1-2H3,(H,19,20). The maximum atomic E-state index is 12.1. The van der Waals surface area contributed by atoms with E-state index in [1.54, 1.807) is 0 Å². The SMILES string of the molecule is Cc1cc(C(=O)NCCc2ccccc2C)ccc1Br. The summed E-state index contributed by atoms with van der Waals surface area (Å²) in [4.78, 5) is 12.1. The molecule has 3 heteroatoms. The molecule has 0 radical (unpaired) electrons. The average molecular weight is 332 g/mol. The van der Waals surface area contributed by atoms with E-state index in [0.717, 1.165) is 16.5 Å². The highest BCUT2D eigenvalue weighted by molar-refractivity contribution is 9.10. The highest BCUT2D eigenvalue weighted by atomic mass is 79.9. The third-order valence-electron chi connectivity index (χ3n) is 3.36. The quantitative estimate of drug-likeness (QED) is 0.900. The van der Waals surface area contributed by atoms with E-state index in [9.17, 15) is 4.79 Å². The molecule has 0 aromatic heterocycles. The van der Waals surface area contributed by atoms with Gasteiger partial charge in [0.1, 0.15) is 0 Å². The first-order chi connectivity index (χ1) is 9.58. The van der Waals surface area contributed by atoms with E-state index >= 15 is 0 Å². The molecule has 2 rings (SSSR count). The Labute approximate surface area is 128 Å². The van der Waals surface area contributed by atoms with Crippen LogP contribution in [0.3, 0.4) is 0 Å². The minimum atomic E-state index is -0.0193. The zero-order chi connectivity index (χ0) is 14.5. The molecule has 2 nitrogen and oxygen atoms in total. The molecule has 0 saturated carbocycles. The predicted octanol–water partition coefficient (Wildman–Crippen LogP) is 4.04. The number of carbonyl (C=O) groups is 1. The lowest BCUT2D eigenvalue weighted by atomic mass is 10.1. The maximum absolute atomic E-state index is 12.1. The fourth-order valence-corrected chi connectivity index (χ4v) is 2.34. The van der Waals surface area contributed by atoms with Crippen molar-refractivity contribution in [2.45, 2.75) is 20.3 Å². The normalized spacial score (nSPS) is 10.3. The van der Waals surface area contributed by atoms with Crippen molar-refractivity contribution in [3.63, 3.8) is 0 Å². The van der Waals surface area contributed by atoms with Crippen molar-refractivity contribution in [2.24, 2.45) is 0 Å². The molecule has 0 aliphatic heterocycles. The van der Waals surface area contributed by atoms with Gasteiger partial charge in [0.05, 0.1) is 0 Å². The molecule has 0 unspecified atom stereocenters. The average Bonchev–Trinajstić information content (AvgIpc) is 2.44. The van der Waals surface area contributed by atoms with Crippen LogP contribution in [0.1, 0.15) is 27.0 Å². The third kappa shape index (κ3) is 3.70. The summed E-state index contributed by atoms with van der Waals surface area (Å²) in [5, 5.41) is 2.97. The molecule has 0 aliphatic rings. The molecule has 104 valence electrons. The Kier molecular flexibility index (Phi) is 4.96. The third-order valence-corrected chi connectivity index (χ3v) is 4.25. The van der Waals surface area contributed by atoms with Gasteiger partial charge in [-0.25, -0.2) is 0 Å². The van der Waals surface area contributed by atoms with Crippen LogP contribution in [-0.4, -0.2) is 12.5 Å². The van der Waals surface area contributed by atoms with E-state index in [2.05, 4.69) is 40.3 Å². The molecule has 1 N–H and O–H groups in total. The van der Waals surface area contributed by atoms with Crippen LogP contribution < -0.4 is 5.32 Å². The van der Waals surface area contributed by atoms with Gasteiger partial charge in [-0.15, -0.1) is 0 Å². The summed E-state index contributed by atoms with van der Waals surface area (Å²) in [6.45, 7) is 4.72. The van der Waals surface area contributed by atoms with Crippen LogP contribution in [0.2, 0.25) is 0 Å². The molecule has 0 aliphatic carbocycles. The molecule has 0 saturated heterocycles. The van der Waals surface area contributed by atoms with E-state index in [-0.39, 0.29) is 5.91 Å². The van der Waals surface area contributed by atoms with Crippen LogP contribution >= 0.6 is 15.9 Å². The maximum Gasteiger partial charge on any atom is 0.251 e. The zero-order valence-corrected chi connectivity index (χ0v) is 13.3. The second-order valence-electron chi connectivity index (χ2n) is 4.90. The number of carbonyl (C=O) groups excluding carboxylic acids is 1. The van der Waals surface area contributed by atoms with Gasteiger partial charge in [-0.1, -0.05) is 40.2 Å². The minimum absolute atomic E-state index is 0.0193. The van der Waals surface area contributed by atoms with E-state index in [0.29, 0.717) is 12.1 Å². The number of nitrogens with one attached hydrogen (secondary N) is 1. The van der Waals surface area contributed by atoms with Gasteiger partial charge in [-0.3, -0.25) is 4.79 Å². The second-order valence-corrected chi connectivity index (χ2v) is 5.75. The van der Waals surface area contributed by atoms with Gasteiger partial charge in [0.25, 0.3) is 5.91 Å². The lowest BCUT2D eigenvalue weighted by Crippen LogP contribution is -2.25. The van der Waals surface area contributed by atoms with Crippen molar-refractivity contribution in [3.8, 4) is 0 Å². The summed E-state index contributed by atoms with van der Waals surface area (Å²) < 4.78 is 1.02. The fraction of sp³-hybridized carbons (Fsp3) is 0.235. The Morgan fingerprint density at radius 3 is 2.55 bits per heavy atom. The van der Waals surface area contributed by atoms with Crippen molar-refractivity contribution in [2.75, 3.05) is 6.54 Å². The Bertz CT molecular complexity index is 622. The Morgan fingerprint density at radius 1 is 1.10 bits per heavy atom. The van der Waals surface area contributed by atoms with Gasteiger partial charge in [0.2, 0.25) is 0 Å². The predicted molar refractivity (Wildman–Crippen MR) is 86.1 cm³/mol.